The average molecular weight is 350 g/mol. The molecular weight excluding hydrogens is 324 g/mol. The molecular formula is C17H26N4O4. The Labute approximate surface area is 147 Å². The summed E-state index contributed by atoms with van der Waals surface area (Å²) in [6.07, 6.45) is 6.09. The molecule has 0 unspecified atom stereocenters. The molecule has 1 aromatic rings. The lowest BCUT2D eigenvalue weighted by Gasteiger charge is -2.36. The lowest BCUT2D eigenvalue weighted by Crippen LogP contribution is -2.49. The Hall–Kier alpha value is -1.96. The monoisotopic (exact) mass is 350 g/mol. The first-order valence-electron chi connectivity index (χ1n) is 9.05. The number of carbonyl (C=O) groups is 2. The zero-order valence-electron chi connectivity index (χ0n) is 14.7. The largest absolute Gasteiger partial charge is 0.377 e. The van der Waals surface area contributed by atoms with E-state index < -0.39 is 0 Å². The van der Waals surface area contributed by atoms with Crippen molar-refractivity contribution in [2.75, 3.05) is 20.2 Å². The zero-order chi connectivity index (χ0) is 17.6. The second-order valence-corrected chi connectivity index (χ2v) is 6.80. The molecule has 1 aliphatic carbocycles. The van der Waals surface area contributed by atoms with Gasteiger partial charge in [0.2, 0.25) is 17.7 Å². The van der Waals surface area contributed by atoms with Crippen LogP contribution < -0.4 is 5.32 Å². The van der Waals surface area contributed by atoms with Crippen molar-refractivity contribution in [1.82, 2.24) is 20.4 Å². The van der Waals surface area contributed by atoms with E-state index in [1.165, 1.54) is 12.8 Å². The molecule has 1 N–H and O–H groups in total. The summed E-state index contributed by atoms with van der Waals surface area (Å²) in [5.74, 6) is 1.07. The van der Waals surface area contributed by atoms with E-state index in [2.05, 4.69) is 15.5 Å². The molecule has 1 aliphatic heterocycles. The predicted molar refractivity (Wildman–Crippen MR) is 88.4 cm³/mol. The Kier molecular flexibility index (Phi) is 6.01. The standard InChI is InChI=1S/C17H26N4O4/c1-24-11-14-19-15(25-20-14)8-9-18-17(23)12-6-7-16(22)21(10-12)13-4-2-3-5-13/h12-13H,2-11H2,1H3,(H,18,23)/t12-/m0/s1. The van der Waals surface area contributed by atoms with Gasteiger partial charge in [0.1, 0.15) is 6.61 Å². The number of amides is 2. The van der Waals surface area contributed by atoms with Gasteiger partial charge in [0.05, 0.1) is 5.92 Å². The minimum Gasteiger partial charge on any atom is -0.377 e. The van der Waals surface area contributed by atoms with Crippen LogP contribution in [0.1, 0.15) is 50.2 Å². The molecule has 8 heteroatoms. The Morgan fingerprint density at radius 1 is 1.36 bits per heavy atom. The first-order chi connectivity index (χ1) is 12.2. The van der Waals surface area contributed by atoms with Gasteiger partial charge in [-0.25, -0.2) is 0 Å². The van der Waals surface area contributed by atoms with E-state index in [1.54, 1.807) is 7.11 Å². The van der Waals surface area contributed by atoms with E-state index >= 15 is 0 Å². The second-order valence-electron chi connectivity index (χ2n) is 6.80. The fraction of sp³-hybridized carbons (Fsp3) is 0.765. The maximum Gasteiger partial charge on any atom is 0.228 e. The molecule has 0 bridgehead atoms. The van der Waals surface area contributed by atoms with E-state index in [0.717, 1.165) is 12.8 Å². The molecule has 0 radical (unpaired) electrons. The van der Waals surface area contributed by atoms with E-state index in [9.17, 15) is 9.59 Å². The van der Waals surface area contributed by atoms with Crippen LogP contribution in [-0.2, 0) is 27.4 Å². The Morgan fingerprint density at radius 2 is 2.16 bits per heavy atom. The number of carbonyl (C=O) groups excluding carboxylic acids is 2. The van der Waals surface area contributed by atoms with Gasteiger partial charge in [-0.1, -0.05) is 18.0 Å². The minimum absolute atomic E-state index is 0.00660. The predicted octanol–water partition coefficient (Wildman–Crippen LogP) is 1.06. The van der Waals surface area contributed by atoms with Gasteiger partial charge in [-0.15, -0.1) is 0 Å². The van der Waals surface area contributed by atoms with Gasteiger partial charge in [-0.2, -0.15) is 4.98 Å². The molecule has 0 aromatic carbocycles. The van der Waals surface area contributed by atoms with Crippen molar-refractivity contribution in [3.8, 4) is 0 Å². The highest BCUT2D eigenvalue weighted by atomic mass is 16.5. The quantitative estimate of drug-likeness (QED) is 0.789. The van der Waals surface area contributed by atoms with E-state index in [4.69, 9.17) is 9.26 Å². The highest BCUT2D eigenvalue weighted by molar-refractivity contribution is 5.84. The van der Waals surface area contributed by atoms with Crippen molar-refractivity contribution in [2.45, 2.75) is 57.6 Å². The third-order valence-electron chi connectivity index (χ3n) is 5.00. The minimum atomic E-state index is -0.120. The molecule has 138 valence electrons. The van der Waals surface area contributed by atoms with Crippen LogP contribution in [0.15, 0.2) is 4.52 Å². The first-order valence-corrected chi connectivity index (χ1v) is 9.05. The third-order valence-corrected chi connectivity index (χ3v) is 5.00. The number of hydrogen-bond acceptors (Lipinski definition) is 6. The van der Waals surface area contributed by atoms with Crippen molar-refractivity contribution >= 4 is 11.8 Å². The smallest absolute Gasteiger partial charge is 0.228 e. The van der Waals surface area contributed by atoms with Gasteiger partial charge >= 0.3 is 0 Å². The van der Waals surface area contributed by atoms with E-state index in [0.29, 0.717) is 56.7 Å². The maximum atomic E-state index is 12.4. The molecule has 25 heavy (non-hydrogen) atoms. The third kappa shape index (κ3) is 4.56. The summed E-state index contributed by atoms with van der Waals surface area (Å²) in [6.45, 7) is 1.30. The molecule has 2 aliphatic rings. The van der Waals surface area contributed by atoms with Crippen LogP contribution in [0, 0.1) is 5.92 Å². The van der Waals surface area contributed by atoms with Crippen LogP contribution in [0.4, 0.5) is 0 Å². The number of methoxy groups -OCH3 is 1. The number of ether oxygens (including phenoxy) is 1. The maximum absolute atomic E-state index is 12.4. The summed E-state index contributed by atoms with van der Waals surface area (Å²) < 4.78 is 10.0. The van der Waals surface area contributed by atoms with Gasteiger partial charge < -0.3 is 19.5 Å². The lowest BCUT2D eigenvalue weighted by molar-refractivity contribution is -0.140. The summed E-state index contributed by atoms with van der Waals surface area (Å²) in [5.41, 5.74) is 0. The number of nitrogens with one attached hydrogen (secondary N) is 1. The average Bonchev–Trinajstić information content (AvgIpc) is 3.28. The summed E-state index contributed by atoms with van der Waals surface area (Å²) >= 11 is 0. The molecule has 8 nitrogen and oxygen atoms in total. The summed E-state index contributed by atoms with van der Waals surface area (Å²) in [4.78, 5) is 30.7. The van der Waals surface area contributed by atoms with Crippen molar-refractivity contribution in [3.63, 3.8) is 0 Å². The SMILES string of the molecule is COCc1noc(CCNC(=O)[C@H]2CCC(=O)N(C3CCCC3)C2)n1. The van der Waals surface area contributed by atoms with E-state index in [1.807, 2.05) is 4.90 Å². The Bertz CT molecular complexity index is 597. The van der Waals surface area contributed by atoms with Crippen molar-refractivity contribution in [3.05, 3.63) is 11.7 Å². The molecule has 2 amide bonds. The molecule has 0 spiro atoms. The fourth-order valence-corrected chi connectivity index (χ4v) is 3.67. The fourth-order valence-electron chi connectivity index (χ4n) is 3.67. The zero-order valence-corrected chi connectivity index (χ0v) is 14.7. The van der Waals surface area contributed by atoms with Gasteiger partial charge in [0, 0.05) is 39.1 Å². The summed E-state index contributed by atoms with van der Waals surface area (Å²) in [5, 5.41) is 6.72. The molecule has 1 saturated heterocycles. The van der Waals surface area contributed by atoms with Crippen molar-refractivity contribution in [1.29, 1.82) is 0 Å². The Morgan fingerprint density at radius 3 is 2.92 bits per heavy atom. The Balaban J connectivity index is 1.44. The highest BCUT2D eigenvalue weighted by Crippen LogP contribution is 2.28. The first kappa shape index (κ1) is 17.8. The van der Waals surface area contributed by atoms with Crippen LogP contribution in [-0.4, -0.2) is 53.1 Å². The molecule has 1 aromatic heterocycles. The number of rotatable bonds is 7. The van der Waals surface area contributed by atoms with Gasteiger partial charge in [-0.05, 0) is 19.3 Å². The molecule has 2 fully saturated rings. The topological polar surface area (TPSA) is 97.6 Å². The number of piperidine rings is 1. The van der Waals surface area contributed by atoms with E-state index in [-0.39, 0.29) is 17.7 Å². The van der Waals surface area contributed by atoms with Crippen LogP contribution in [0.3, 0.4) is 0 Å². The normalized spacial score (nSPS) is 21.7. The molecule has 2 heterocycles. The van der Waals surface area contributed by atoms with Gasteiger partial charge in [-0.3, -0.25) is 9.59 Å². The van der Waals surface area contributed by atoms with Gasteiger partial charge in [0.25, 0.3) is 0 Å². The second kappa shape index (κ2) is 8.42. The molecule has 1 saturated carbocycles. The van der Waals surface area contributed by atoms with Crippen molar-refractivity contribution < 1.29 is 18.8 Å². The summed E-state index contributed by atoms with van der Waals surface area (Å²) in [7, 11) is 1.57. The lowest BCUT2D eigenvalue weighted by atomic mass is 9.95. The highest BCUT2D eigenvalue weighted by Gasteiger charge is 2.35. The summed E-state index contributed by atoms with van der Waals surface area (Å²) in [6, 6.07) is 0.334. The van der Waals surface area contributed by atoms with Crippen LogP contribution in [0.5, 0.6) is 0 Å². The van der Waals surface area contributed by atoms with Crippen LogP contribution in [0.2, 0.25) is 0 Å². The van der Waals surface area contributed by atoms with Crippen LogP contribution in [0.25, 0.3) is 0 Å². The van der Waals surface area contributed by atoms with Gasteiger partial charge in [0.15, 0.2) is 5.82 Å². The van der Waals surface area contributed by atoms with Crippen molar-refractivity contribution in [2.24, 2.45) is 5.92 Å². The number of nitrogens with zero attached hydrogens (tertiary/aromatic N) is 3. The molecule has 3 rings (SSSR count). The number of likely N-dealkylation sites (tertiary alicyclic amines) is 1. The van der Waals surface area contributed by atoms with Crippen LogP contribution >= 0.6 is 0 Å². The number of aromatic nitrogens is 2. The number of hydrogen-bond donors (Lipinski definition) is 1. The molecule has 1 atom stereocenters.